The van der Waals surface area contributed by atoms with Crippen molar-refractivity contribution in [3.63, 3.8) is 0 Å². The highest BCUT2D eigenvalue weighted by atomic mass is 19.3. The van der Waals surface area contributed by atoms with Crippen molar-refractivity contribution in [1.29, 1.82) is 0 Å². The molecule has 2 aliphatic carbocycles. The molecule has 0 radical (unpaired) electrons. The van der Waals surface area contributed by atoms with Gasteiger partial charge in [-0.15, -0.1) is 0 Å². The summed E-state index contributed by atoms with van der Waals surface area (Å²) in [6.07, 6.45) is 3.16. The number of aromatic nitrogens is 1. The van der Waals surface area contributed by atoms with E-state index in [1.165, 1.54) is 23.9 Å². The second kappa shape index (κ2) is 11.9. The minimum atomic E-state index is -2.63. The minimum Gasteiger partial charge on any atom is -0.367 e. The first-order chi connectivity index (χ1) is 22.2. The van der Waals surface area contributed by atoms with Crippen LogP contribution in [0.4, 0.5) is 18.9 Å². The van der Waals surface area contributed by atoms with Crippen molar-refractivity contribution in [1.82, 2.24) is 20.5 Å². The Morgan fingerprint density at radius 3 is 2.09 bits per heavy atom. The van der Waals surface area contributed by atoms with Crippen LogP contribution in [0.25, 0.3) is 5.57 Å². The number of hydrogen-bond acceptors (Lipinski definition) is 5. The van der Waals surface area contributed by atoms with Crippen molar-refractivity contribution in [3.05, 3.63) is 101 Å². The van der Waals surface area contributed by atoms with Gasteiger partial charge in [-0.2, -0.15) is 0 Å². The third kappa shape index (κ3) is 5.68. The number of hydrogen-bond donors (Lipinski definition) is 2. The van der Waals surface area contributed by atoms with Crippen molar-refractivity contribution in [2.75, 3.05) is 44.2 Å². The Morgan fingerprint density at radius 1 is 0.891 bits per heavy atom. The molecule has 0 unspecified atom stereocenters. The molecule has 1 atom stereocenters. The molecule has 2 aromatic carbocycles. The van der Waals surface area contributed by atoms with Gasteiger partial charge in [-0.1, -0.05) is 42.0 Å². The number of alkyl halides is 2. The number of anilines is 1. The quantitative estimate of drug-likeness (QED) is 0.340. The summed E-state index contributed by atoms with van der Waals surface area (Å²) in [6.45, 7) is 5.70. The number of piperazine rings is 1. The summed E-state index contributed by atoms with van der Waals surface area (Å²) in [5, 5.41) is 6.46. The van der Waals surface area contributed by atoms with E-state index in [1.807, 2.05) is 36.1 Å². The highest BCUT2D eigenvalue weighted by Gasteiger charge is 2.59. The van der Waals surface area contributed by atoms with Gasteiger partial charge in [0.05, 0.1) is 23.5 Å². The minimum absolute atomic E-state index is 0.251. The van der Waals surface area contributed by atoms with Gasteiger partial charge in [-0.25, -0.2) is 13.2 Å². The Morgan fingerprint density at radius 2 is 1.52 bits per heavy atom. The van der Waals surface area contributed by atoms with E-state index in [1.54, 1.807) is 17.2 Å². The molecule has 7 nitrogen and oxygen atoms in total. The summed E-state index contributed by atoms with van der Waals surface area (Å²) in [7, 11) is 0. The van der Waals surface area contributed by atoms with E-state index in [9.17, 15) is 22.8 Å². The van der Waals surface area contributed by atoms with Crippen LogP contribution in [0.2, 0.25) is 0 Å². The fraction of sp³-hybridized carbons (Fsp3) is 0.417. The molecule has 2 saturated carbocycles. The largest absolute Gasteiger partial charge is 0.367 e. The van der Waals surface area contributed by atoms with E-state index in [0.717, 1.165) is 53.9 Å². The fourth-order valence-electron chi connectivity index (χ4n) is 7.12. The lowest BCUT2D eigenvalue weighted by atomic mass is 9.60. The molecule has 7 rings (SSSR count). The average molecular weight is 630 g/mol. The van der Waals surface area contributed by atoms with Crippen LogP contribution in [0, 0.1) is 16.6 Å². The van der Waals surface area contributed by atoms with Crippen molar-refractivity contribution in [3.8, 4) is 0 Å². The summed E-state index contributed by atoms with van der Waals surface area (Å²) in [4.78, 5) is 33.8. The maximum atomic E-state index is 13.7. The molecule has 240 valence electrons. The molecule has 2 saturated heterocycles. The number of allylic oxidation sites excluding steroid dienone is 1. The maximum absolute atomic E-state index is 13.7. The van der Waals surface area contributed by atoms with Gasteiger partial charge in [0.15, 0.2) is 0 Å². The zero-order valence-electron chi connectivity index (χ0n) is 25.9. The van der Waals surface area contributed by atoms with Crippen molar-refractivity contribution < 1.29 is 22.8 Å². The van der Waals surface area contributed by atoms with Crippen LogP contribution in [0.5, 0.6) is 0 Å². The monoisotopic (exact) mass is 629 g/mol. The lowest BCUT2D eigenvalue weighted by Crippen LogP contribution is -2.58. The molecular weight excluding hydrogens is 591 g/mol. The molecule has 2 aliphatic heterocycles. The molecule has 1 spiro atoms. The van der Waals surface area contributed by atoms with Crippen LogP contribution in [-0.2, 0) is 4.79 Å². The van der Waals surface area contributed by atoms with E-state index in [-0.39, 0.29) is 30.6 Å². The average Bonchev–Trinajstić information content (AvgIpc) is 3.85. The summed E-state index contributed by atoms with van der Waals surface area (Å²) in [5.41, 5.74) is 5.65. The molecule has 10 heteroatoms. The number of nitrogens with zero attached hydrogens (tertiary/aromatic N) is 3. The second-order valence-electron chi connectivity index (χ2n) is 13.4. The number of carbonyl (C=O) groups excluding carboxylic acids is 2. The van der Waals surface area contributed by atoms with Gasteiger partial charge >= 0.3 is 0 Å². The van der Waals surface area contributed by atoms with Gasteiger partial charge in [0.1, 0.15) is 11.2 Å². The summed E-state index contributed by atoms with van der Waals surface area (Å²) < 4.78 is 40.6. The first-order valence-corrected chi connectivity index (χ1v) is 16.0. The molecule has 3 heterocycles. The normalized spacial score (nSPS) is 20.2. The zero-order chi connectivity index (χ0) is 32.1. The van der Waals surface area contributed by atoms with Crippen molar-refractivity contribution in [2.45, 2.75) is 45.1 Å². The van der Waals surface area contributed by atoms with E-state index in [4.69, 9.17) is 0 Å². The third-order valence-electron chi connectivity index (χ3n) is 10.3. The molecule has 46 heavy (non-hydrogen) atoms. The van der Waals surface area contributed by atoms with Crippen LogP contribution in [0.3, 0.4) is 0 Å². The molecule has 2 N–H and O–H groups in total. The molecule has 4 aliphatic rings. The van der Waals surface area contributed by atoms with Gasteiger partial charge < -0.3 is 20.4 Å². The number of carbonyl (C=O) groups is 2. The van der Waals surface area contributed by atoms with E-state index < -0.39 is 17.7 Å². The molecule has 3 aromatic rings. The maximum Gasteiger partial charge on any atom is 0.253 e. The first kappa shape index (κ1) is 30.5. The standard InChI is InChI=1S/C36H38F3N5O2/c1-23(24-2-4-25(5-3-24)31(26-6-8-29(37)9-7-26)28-17-35(18-28)21-41-22-35)42-32(45)27-16-30(20-40-19-27)43-12-14-44(15-13-43)34(46)36(10-11-36)33(38)39/h2-9,16,19-20,23,33,41H,10-15,17-18,21-22H2,1H3,(H,42,45)/t23-/m1/s1. The predicted molar refractivity (Wildman–Crippen MR) is 170 cm³/mol. The van der Waals surface area contributed by atoms with Crippen molar-refractivity contribution in [2.24, 2.45) is 10.8 Å². The Kier molecular flexibility index (Phi) is 7.87. The van der Waals surface area contributed by atoms with Gasteiger partial charge in [-0.3, -0.25) is 14.6 Å². The molecule has 4 fully saturated rings. The van der Waals surface area contributed by atoms with Gasteiger partial charge in [0, 0.05) is 50.9 Å². The van der Waals surface area contributed by atoms with Gasteiger partial charge in [0.2, 0.25) is 5.91 Å². The molecule has 0 bridgehead atoms. The number of rotatable bonds is 8. The topological polar surface area (TPSA) is 77.6 Å². The lowest BCUT2D eigenvalue weighted by Gasteiger charge is -2.52. The Balaban J connectivity index is 0.995. The Hall–Kier alpha value is -4.18. The molecule has 1 aromatic heterocycles. The SMILES string of the molecule is C[C@@H](NC(=O)c1cncc(N2CCN(C(=O)C3(C(F)F)CC3)CC2)c1)c1ccc(C(=C2CC3(CNC3)C2)c2ccc(F)cc2)cc1. The van der Waals surface area contributed by atoms with E-state index in [0.29, 0.717) is 37.2 Å². The first-order valence-electron chi connectivity index (χ1n) is 16.0. The number of amides is 2. The summed E-state index contributed by atoms with van der Waals surface area (Å²) >= 11 is 0. The number of halogens is 3. The van der Waals surface area contributed by atoms with Crippen LogP contribution in [0.1, 0.15) is 65.7 Å². The van der Waals surface area contributed by atoms with E-state index in [2.05, 4.69) is 27.8 Å². The van der Waals surface area contributed by atoms with Crippen molar-refractivity contribution >= 4 is 23.1 Å². The lowest BCUT2D eigenvalue weighted by molar-refractivity contribution is -0.143. The summed E-state index contributed by atoms with van der Waals surface area (Å²) in [5.74, 6) is -0.952. The van der Waals surface area contributed by atoms with Gasteiger partial charge in [0.25, 0.3) is 12.3 Å². The number of nitrogens with one attached hydrogen (secondary N) is 2. The Bertz CT molecular complexity index is 1650. The number of pyridine rings is 1. The highest BCUT2D eigenvalue weighted by Crippen LogP contribution is 2.53. The Labute approximate surface area is 266 Å². The third-order valence-corrected chi connectivity index (χ3v) is 10.3. The van der Waals surface area contributed by atoms with Gasteiger partial charge in [-0.05, 0) is 73.1 Å². The second-order valence-corrected chi connectivity index (χ2v) is 13.4. The smallest absolute Gasteiger partial charge is 0.253 e. The van der Waals surface area contributed by atoms with Crippen LogP contribution in [-0.4, -0.2) is 67.4 Å². The zero-order valence-corrected chi connectivity index (χ0v) is 25.9. The molecule has 2 amide bonds. The fourth-order valence-corrected chi connectivity index (χ4v) is 7.12. The molecular formula is C36H38F3N5O2. The predicted octanol–water partition coefficient (Wildman–Crippen LogP) is 5.59. The van der Waals surface area contributed by atoms with Crippen LogP contribution < -0.4 is 15.5 Å². The van der Waals surface area contributed by atoms with Crippen LogP contribution in [0.15, 0.2) is 72.6 Å². The summed E-state index contributed by atoms with van der Waals surface area (Å²) in [6, 6.07) is 16.4. The highest BCUT2D eigenvalue weighted by molar-refractivity contribution is 5.95. The number of benzene rings is 2. The van der Waals surface area contributed by atoms with E-state index >= 15 is 0 Å². The van der Waals surface area contributed by atoms with Crippen LogP contribution >= 0.6 is 0 Å².